The van der Waals surface area contributed by atoms with Gasteiger partial charge in [0.1, 0.15) is 11.8 Å². The minimum Gasteiger partial charge on any atom is -0.497 e. The van der Waals surface area contributed by atoms with Crippen LogP contribution in [0.3, 0.4) is 0 Å². The van der Waals surface area contributed by atoms with Crippen LogP contribution in [0.15, 0.2) is 42.5 Å². The van der Waals surface area contributed by atoms with Crippen molar-refractivity contribution in [3.05, 3.63) is 53.6 Å². The van der Waals surface area contributed by atoms with Crippen molar-refractivity contribution >= 4 is 16.8 Å². The van der Waals surface area contributed by atoms with Gasteiger partial charge in [-0.2, -0.15) is 5.26 Å². The molecular weight excluding hydrogens is 302 g/mol. The molecule has 3 aromatic rings. The van der Waals surface area contributed by atoms with Crippen LogP contribution in [0.25, 0.3) is 22.2 Å². The standard InChI is InChI=1S/C19H17N3O2/c1-3-22-17-10-14(24-2)8-9-15(17)16(11-20)18(22)12-4-6-13(7-5-12)19(21)23/h4-10H,3H2,1-2H3,(H2,21,23). The van der Waals surface area contributed by atoms with Crippen LogP contribution in [0, 0.1) is 11.3 Å². The van der Waals surface area contributed by atoms with E-state index in [1.54, 1.807) is 19.2 Å². The summed E-state index contributed by atoms with van der Waals surface area (Å²) >= 11 is 0. The first-order chi connectivity index (χ1) is 11.6. The largest absolute Gasteiger partial charge is 0.497 e. The number of carbonyl (C=O) groups excluding carboxylic acids is 1. The Labute approximate surface area is 139 Å². The fourth-order valence-electron chi connectivity index (χ4n) is 2.99. The van der Waals surface area contributed by atoms with E-state index in [0.29, 0.717) is 17.7 Å². The van der Waals surface area contributed by atoms with Gasteiger partial charge in [-0.1, -0.05) is 12.1 Å². The van der Waals surface area contributed by atoms with Gasteiger partial charge in [0.15, 0.2) is 0 Å². The number of hydrogen-bond acceptors (Lipinski definition) is 3. The van der Waals surface area contributed by atoms with Gasteiger partial charge in [-0.15, -0.1) is 0 Å². The Bertz CT molecular complexity index is 963. The molecule has 0 atom stereocenters. The topological polar surface area (TPSA) is 81.0 Å². The summed E-state index contributed by atoms with van der Waals surface area (Å²) in [5, 5.41) is 10.6. The minimum absolute atomic E-state index is 0.443. The first-order valence-electron chi connectivity index (χ1n) is 7.61. The number of nitriles is 1. The molecule has 2 N–H and O–H groups in total. The van der Waals surface area contributed by atoms with Crippen molar-refractivity contribution in [3.8, 4) is 23.1 Å². The van der Waals surface area contributed by atoms with Gasteiger partial charge >= 0.3 is 0 Å². The number of aryl methyl sites for hydroxylation is 1. The number of aromatic nitrogens is 1. The summed E-state index contributed by atoms with van der Waals surface area (Å²) in [5.74, 6) is 0.276. The highest BCUT2D eigenvalue weighted by Gasteiger charge is 2.18. The molecule has 5 heteroatoms. The second-order valence-corrected chi connectivity index (χ2v) is 5.40. The van der Waals surface area contributed by atoms with E-state index in [1.165, 1.54) is 0 Å². The summed E-state index contributed by atoms with van der Waals surface area (Å²) in [6.45, 7) is 2.74. The zero-order chi connectivity index (χ0) is 17.3. The van der Waals surface area contributed by atoms with Crippen LogP contribution in [-0.4, -0.2) is 17.6 Å². The molecule has 24 heavy (non-hydrogen) atoms. The zero-order valence-electron chi connectivity index (χ0n) is 13.5. The fourth-order valence-corrected chi connectivity index (χ4v) is 2.99. The molecule has 0 aliphatic carbocycles. The Hall–Kier alpha value is -3.26. The van der Waals surface area contributed by atoms with Gasteiger partial charge in [0.05, 0.1) is 23.9 Å². The van der Waals surface area contributed by atoms with Crippen molar-refractivity contribution in [2.75, 3.05) is 7.11 Å². The lowest BCUT2D eigenvalue weighted by atomic mass is 10.0. The van der Waals surface area contributed by atoms with Gasteiger partial charge in [-0.05, 0) is 36.8 Å². The van der Waals surface area contributed by atoms with Crippen LogP contribution in [0.5, 0.6) is 5.75 Å². The normalized spacial score (nSPS) is 10.5. The molecule has 0 saturated heterocycles. The zero-order valence-corrected chi connectivity index (χ0v) is 13.5. The number of carbonyl (C=O) groups is 1. The molecule has 0 aliphatic heterocycles. The fraction of sp³-hybridized carbons (Fsp3) is 0.158. The highest BCUT2D eigenvalue weighted by Crippen LogP contribution is 2.35. The van der Waals surface area contributed by atoms with Gasteiger partial charge in [-0.25, -0.2) is 0 Å². The molecule has 0 aliphatic rings. The summed E-state index contributed by atoms with van der Waals surface area (Å²) in [6.07, 6.45) is 0. The number of nitrogens with zero attached hydrogens (tertiary/aromatic N) is 2. The predicted molar refractivity (Wildman–Crippen MR) is 92.8 cm³/mol. The van der Waals surface area contributed by atoms with Crippen LogP contribution >= 0.6 is 0 Å². The highest BCUT2D eigenvalue weighted by atomic mass is 16.5. The van der Waals surface area contributed by atoms with Crippen LogP contribution in [-0.2, 0) is 6.54 Å². The van der Waals surface area contributed by atoms with Crippen LogP contribution in [0.2, 0.25) is 0 Å². The average Bonchev–Trinajstić information content (AvgIpc) is 2.94. The quantitative estimate of drug-likeness (QED) is 0.801. The smallest absolute Gasteiger partial charge is 0.248 e. The third-order valence-electron chi connectivity index (χ3n) is 4.14. The maximum atomic E-state index is 11.3. The Balaban J connectivity index is 2.30. The molecule has 2 aromatic carbocycles. The monoisotopic (exact) mass is 319 g/mol. The van der Waals surface area contributed by atoms with E-state index in [1.807, 2.05) is 37.3 Å². The van der Waals surface area contributed by atoms with Gasteiger partial charge in [0.25, 0.3) is 0 Å². The first-order valence-corrected chi connectivity index (χ1v) is 7.61. The molecule has 3 rings (SSSR count). The van der Waals surface area contributed by atoms with E-state index in [2.05, 4.69) is 10.6 Å². The third-order valence-corrected chi connectivity index (χ3v) is 4.14. The van der Waals surface area contributed by atoms with Crippen molar-refractivity contribution in [3.63, 3.8) is 0 Å². The molecule has 0 spiro atoms. The summed E-state index contributed by atoms with van der Waals surface area (Å²) in [4.78, 5) is 11.3. The van der Waals surface area contributed by atoms with Crippen molar-refractivity contribution in [1.82, 2.24) is 4.57 Å². The second-order valence-electron chi connectivity index (χ2n) is 5.40. The molecule has 0 unspecified atom stereocenters. The Morgan fingerprint density at radius 1 is 1.25 bits per heavy atom. The van der Waals surface area contributed by atoms with E-state index in [-0.39, 0.29) is 0 Å². The maximum absolute atomic E-state index is 11.3. The van der Waals surface area contributed by atoms with Crippen molar-refractivity contribution in [1.29, 1.82) is 5.26 Å². The lowest BCUT2D eigenvalue weighted by molar-refractivity contribution is 0.100. The number of methoxy groups -OCH3 is 1. The molecule has 0 saturated carbocycles. The van der Waals surface area contributed by atoms with Gasteiger partial charge in [0, 0.05) is 23.6 Å². The Morgan fingerprint density at radius 3 is 2.50 bits per heavy atom. The van der Waals surface area contributed by atoms with Crippen LogP contribution < -0.4 is 10.5 Å². The number of benzene rings is 2. The summed E-state index contributed by atoms with van der Waals surface area (Å²) in [6, 6.07) is 15.0. The Morgan fingerprint density at radius 2 is 1.96 bits per heavy atom. The van der Waals surface area contributed by atoms with Crippen LogP contribution in [0.4, 0.5) is 0 Å². The first kappa shape index (κ1) is 15.6. The summed E-state index contributed by atoms with van der Waals surface area (Å²) in [5.41, 5.74) is 9.00. The molecule has 1 heterocycles. The second kappa shape index (κ2) is 6.09. The number of amides is 1. The van der Waals surface area contributed by atoms with Crippen molar-refractivity contribution in [2.45, 2.75) is 13.5 Å². The molecule has 1 amide bonds. The number of primary amides is 1. The van der Waals surface area contributed by atoms with Crippen molar-refractivity contribution < 1.29 is 9.53 Å². The Kier molecular flexibility index (Phi) is 3.97. The SMILES string of the molecule is CCn1c(-c2ccc(C(N)=O)cc2)c(C#N)c2ccc(OC)cc21. The van der Waals surface area contributed by atoms with Gasteiger partial charge < -0.3 is 15.0 Å². The number of rotatable bonds is 4. The maximum Gasteiger partial charge on any atom is 0.248 e. The third kappa shape index (κ3) is 2.38. The van der Waals surface area contributed by atoms with E-state index >= 15 is 0 Å². The molecule has 120 valence electrons. The lowest BCUT2D eigenvalue weighted by Crippen LogP contribution is -2.10. The number of hydrogen-bond donors (Lipinski definition) is 1. The van der Waals surface area contributed by atoms with Gasteiger partial charge in [-0.3, -0.25) is 4.79 Å². The number of nitrogens with two attached hydrogens (primary N) is 1. The predicted octanol–water partition coefficient (Wildman–Crippen LogP) is 3.31. The van der Waals surface area contributed by atoms with E-state index in [4.69, 9.17) is 10.5 Å². The molecule has 1 aromatic heterocycles. The summed E-state index contributed by atoms with van der Waals surface area (Å²) < 4.78 is 7.38. The lowest BCUT2D eigenvalue weighted by Gasteiger charge is -2.09. The molecule has 0 bridgehead atoms. The number of ether oxygens (including phenoxy) is 1. The number of fused-ring (bicyclic) bond motifs is 1. The molecule has 5 nitrogen and oxygen atoms in total. The molecule has 0 radical (unpaired) electrons. The van der Waals surface area contributed by atoms with E-state index in [9.17, 15) is 10.1 Å². The van der Waals surface area contributed by atoms with Gasteiger partial charge in [0.2, 0.25) is 5.91 Å². The summed E-state index contributed by atoms with van der Waals surface area (Å²) in [7, 11) is 1.62. The van der Waals surface area contributed by atoms with E-state index < -0.39 is 5.91 Å². The minimum atomic E-state index is -0.470. The highest BCUT2D eigenvalue weighted by molar-refractivity contribution is 5.96. The van der Waals surface area contributed by atoms with Crippen LogP contribution in [0.1, 0.15) is 22.8 Å². The molecular formula is C19H17N3O2. The van der Waals surface area contributed by atoms with E-state index in [0.717, 1.165) is 27.9 Å². The van der Waals surface area contributed by atoms with Crippen molar-refractivity contribution in [2.24, 2.45) is 5.73 Å². The average molecular weight is 319 g/mol. The molecule has 0 fully saturated rings.